The quantitative estimate of drug-likeness (QED) is 0.877. The van der Waals surface area contributed by atoms with Crippen LogP contribution in [0.15, 0.2) is 40.9 Å². The molecular formula is C15H14BrF2N. The smallest absolute Gasteiger partial charge is 0.134 e. The first-order valence-electron chi connectivity index (χ1n) is 5.84. The van der Waals surface area contributed by atoms with E-state index in [1.807, 2.05) is 6.07 Å². The number of hydrogen-bond donors (Lipinski definition) is 1. The lowest BCUT2D eigenvalue weighted by Gasteiger charge is -2.28. The molecule has 0 spiro atoms. The van der Waals surface area contributed by atoms with Gasteiger partial charge in [0.25, 0.3) is 0 Å². The van der Waals surface area contributed by atoms with Gasteiger partial charge in [0.05, 0.1) is 5.54 Å². The minimum absolute atomic E-state index is 0.112. The van der Waals surface area contributed by atoms with E-state index in [0.29, 0.717) is 11.1 Å². The summed E-state index contributed by atoms with van der Waals surface area (Å²) in [5.74, 6) is -1.23. The van der Waals surface area contributed by atoms with Gasteiger partial charge in [0.15, 0.2) is 0 Å². The van der Waals surface area contributed by atoms with Crippen molar-refractivity contribution in [3.8, 4) is 0 Å². The maximum absolute atomic E-state index is 14.2. The largest absolute Gasteiger partial charge is 0.318 e. The van der Waals surface area contributed by atoms with E-state index in [1.165, 1.54) is 12.1 Å². The van der Waals surface area contributed by atoms with E-state index in [0.717, 1.165) is 4.47 Å². The zero-order valence-corrected chi connectivity index (χ0v) is 12.3. The highest BCUT2D eigenvalue weighted by Crippen LogP contribution is 2.35. The van der Waals surface area contributed by atoms with Crippen LogP contribution in [0.1, 0.15) is 23.6 Å². The summed E-state index contributed by atoms with van der Waals surface area (Å²) in [6.07, 6.45) is 0. The SMILES string of the molecule is Cc1ccc(F)c(C(C)(N)c2ccccc2Br)c1F. The number of halogens is 3. The zero-order valence-electron chi connectivity index (χ0n) is 10.7. The summed E-state index contributed by atoms with van der Waals surface area (Å²) in [5.41, 5.74) is 5.87. The molecule has 0 fully saturated rings. The lowest BCUT2D eigenvalue weighted by molar-refractivity contribution is 0.477. The van der Waals surface area contributed by atoms with E-state index < -0.39 is 17.2 Å². The van der Waals surface area contributed by atoms with Gasteiger partial charge in [-0.05, 0) is 37.1 Å². The van der Waals surface area contributed by atoms with Crippen molar-refractivity contribution in [2.45, 2.75) is 19.4 Å². The van der Waals surface area contributed by atoms with Crippen molar-refractivity contribution in [3.05, 3.63) is 69.2 Å². The van der Waals surface area contributed by atoms with Crippen LogP contribution < -0.4 is 5.73 Å². The molecule has 2 rings (SSSR count). The van der Waals surface area contributed by atoms with Crippen LogP contribution >= 0.6 is 15.9 Å². The van der Waals surface area contributed by atoms with Gasteiger partial charge in [0.1, 0.15) is 11.6 Å². The van der Waals surface area contributed by atoms with E-state index in [4.69, 9.17) is 5.73 Å². The molecule has 0 radical (unpaired) electrons. The first-order chi connectivity index (χ1) is 8.85. The van der Waals surface area contributed by atoms with Gasteiger partial charge < -0.3 is 5.73 Å². The Bertz CT molecular complexity index is 624. The second-order valence-corrected chi connectivity index (χ2v) is 5.59. The third-order valence-electron chi connectivity index (χ3n) is 3.24. The van der Waals surface area contributed by atoms with Crippen molar-refractivity contribution < 1.29 is 8.78 Å². The molecule has 0 bridgehead atoms. The minimum atomic E-state index is -1.25. The predicted molar refractivity (Wildman–Crippen MR) is 75.9 cm³/mol. The lowest BCUT2D eigenvalue weighted by Crippen LogP contribution is -2.37. The van der Waals surface area contributed by atoms with Crippen LogP contribution in [0.4, 0.5) is 8.78 Å². The number of rotatable bonds is 2. The van der Waals surface area contributed by atoms with Crippen LogP contribution in [0.3, 0.4) is 0 Å². The van der Waals surface area contributed by atoms with Crippen molar-refractivity contribution in [1.29, 1.82) is 0 Å². The van der Waals surface area contributed by atoms with Gasteiger partial charge in [-0.25, -0.2) is 8.78 Å². The lowest BCUT2D eigenvalue weighted by atomic mass is 9.84. The number of hydrogen-bond acceptors (Lipinski definition) is 1. The van der Waals surface area contributed by atoms with Gasteiger partial charge in [-0.15, -0.1) is 0 Å². The van der Waals surface area contributed by atoms with E-state index in [2.05, 4.69) is 15.9 Å². The Morgan fingerprint density at radius 1 is 1.11 bits per heavy atom. The Balaban J connectivity index is 2.70. The molecule has 2 aromatic carbocycles. The van der Waals surface area contributed by atoms with Crippen molar-refractivity contribution >= 4 is 15.9 Å². The fourth-order valence-corrected chi connectivity index (χ4v) is 2.85. The highest BCUT2D eigenvalue weighted by atomic mass is 79.9. The summed E-state index contributed by atoms with van der Waals surface area (Å²) in [4.78, 5) is 0. The maximum atomic E-state index is 14.2. The summed E-state index contributed by atoms with van der Waals surface area (Å²) in [7, 11) is 0. The second kappa shape index (κ2) is 5.02. The van der Waals surface area contributed by atoms with Crippen molar-refractivity contribution in [2.75, 3.05) is 0 Å². The van der Waals surface area contributed by atoms with Gasteiger partial charge in [0, 0.05) is 10.0 Å². The molecular weight excluding hydrogens is 312 g/mol. The summed E-state index contributed by atoms with van der Waals surface area (Å²) in [6, 6.07) is 9.82. The Hall–Kier alpha value is -1.26. The Labute approximate surface area is 119 Å². The molecule has 2 N–H and O–H groups in total. The Kier molecular flexibility index (Phi) is 3.74. The van der Waals surface area contributed by atoms with Crippen molar-refractivity contribution in [2.24, 2.45) is 5.73 Å². The van der Waals surface area contributed by atoms with Gasteiger partial charge >= 0.3 is 0 Å². The number of nitrogens with two attached hydrogens (primary N) is 1. The molecule has 1 nitrogen and oxygen atoms in total. The van der Waals surface area contributed by atoms with Crippen LogP contribution in [0.2, 0.25) is 0 Å². The Morgan fingerprint density at radius 3 is 2.37 bits per heavy atom. The molecule has 0 aliphatic carbocycles. The molecule has 1 unspecified atom stereocenters. The monoisotopic (exact) mass is 325 g/mol. The topological polar surface area (TPSA) is 26.0 Å². The van der Waals surface area contributed by atoms with E-state index in [9.17, 15) is 8.78 Å². The normalized spacial score (nSPS) is 14.2. The van der Waals surface area contributed by atoms with Crippen LogP contribution in [0.25, 0.3) is 0 Å². The average molecular weight is 326 g/mol. The molecule has 0 amide bonds. The highest BCUT2D eigenvalue weighted by molar-refractivity contribution is 9.10. The third kappa shape index (κ3) is 2.42. The molecule has 0 heterocycles. The zero-order chi connectivity index (χ0) is 14.2. The van der Waals surface area contributed by atoms with Gasteiger partial charge in [-0.2, -0.15) is 0 Å². The maximum Gasteiger partial charge on any atom is 0.134 e. The summed E-state index contributed by atoms with van der Waals surface area (Å²) >= 11 is 3.37. The highest BCUT2D eigenvalue weighted by Gasteiger charge is 2.32. The third-order valence-corrected chi connectivity index (χ3v) is 3.93. The molecule has 100 valence electrons. The first kappa shape index (κ1) is 14.2. The minimum Gasteiger partial charge on any atom is -0.318 e. The standard InChI is InChI=1S/C15H14BrF2N/c1-9-7-8-12(17)13(14(9)18)15(2,19)10-5-3-4-6-11(10)16/h3-8H,19H2,1-2H3. The molecule has 4 heteroatoms. The molecule has 1 atom stereocenters. The van der Waals surface area contributed by atoms with Gasteiger partial charge in [-0.3, -0.25) is 0 Å². The van der Waals surface area contributed by atoms with E-state index in [1.54, 1.807) is 32.0 Å². The number of benzene rings is 2. The summed E-state index contributed by atoms with van der Waals surface area (Å²) in [5, 5.41) is 0. The number of aryl methyl sites for hydroxylation is 1. The first-order valence-corrected chi connectivity index (χ1v) is 6.64. The van der Waals surface area contributed by atoms with Crippen molar-refractivity contribution in [3.63, 3.8) is 0 Å². The average Bonchev–Trinajstić information content (AvgIpc) is 2.34. The van der Waals surface area contributed by atoms with E-state index >= 15 is 0 Å². The van der Waals surface area contributed by atoms with Crippen LogP contribution in [0, 0.1) is 18.6 Å². The molecule has 0 saturated carbocycles. The van der Waals surface area contributed by atoms with Gasteiger partial charge in [0.2, 0.25) is 0 Å². The van der Waals surface area contributed by atoms with Crippen LogP contribution in [0.5, 0.6) is 0 Å². The Morgan fingerprint density at radius 2 is 1.74 bits per heavy atom. The molecule has 0 aliphatic heterocycles. The summed E-state index contributed by atoms with van der Waals surface area (Å²) in [6.45, 7) is 3.20. The molecule has 19 heavy (non-hydrogen) atoms. The summed E-state index contributed by atoms with van der Waals surface area (Å²) < 4.78 is 29.0. The molecule has 0 aromatic heterocycles. The van der Waals surface area contributed by atoms with Crippen LogP contribution in [-0.2, 0) is 5.54 Å². The van der Waals surface area contributed by atoms with E-state index in [-0.39, 0.29) is 5.56 Å². The van der Waals surface area contributed by atoms with Gasteiger partial charge in [-0.1, -0.05) is 40.2 Å². The molecule has 0 aliphatic rings. The fraction of sp³-hybridized carbons (Fsp3) is 0.200. The van der Waals surface area contributed by atoms with Crippen LogP contribution in [-0.4, -0.2) is 0 Å². The molecule has 0 saturated heterocycles. The molecule has 2 aromatic rings. The second-order valence-electron chi connectivity index (χ2n) is 4.74. The fourth-order valence-electron chi connectivity index (χ4n) is 2.15. The van der Waals surface area contributed by atoms with Crippen molar-refractivity contribution in [1.82, 2.24) is 0 Å². The predicted octanol–water partition coefficient (Wildman–Crippen LogP) is 4.26.